The van der Waals surface area contributed by atoms with Crippen LogP contribution in [0, 0.1) is 0 Å². The van der Waals surface area contributed by atoms with E-state index in [0.717, 1.165) is 76.8 Å². The number of nitrogens with zero attached hydrogens (tertiary/aromatic N) is 4. The van der Waals surface area contributed by atoms with Crippen LogP contribution in [-0.2, 0) is 21.3 Å². The molecule has 1 saturated carbocycles. The zero-order valence-electron chi connectivity index (χ0n) is 30.5. The Kier molecular flexibility index (Phi) is 8.81. The molecule has 274 valence electrons. The smallest absolute Gasteiger partial charge is 0.264 e. The third kappa shape index (κ3) is 5.84. The molecule has 2 aromatic heterocycles. The van der Waals surface area contributed by atoms with Crippen molar-refractivity contribution in [3.63, 3.8) is 0 Å². The highest BCUT2D eigenvalue weighted by molar-refractivity contribution is 7.90. The number of likely N-dealkylation sites (tertiary alicyclic amines) is 1. The fourth-order valence-corrected chi connectivity index (χ4v) is 9.28. The van der Waals surface area contributed by atoms with Crippen molar-refractivity contribution in [2.24, 2.45) is 0 Å². The van der Waals surface area contributed by atoms with Crippen molar-refractivity contribution >= 4 is 44.4 Å². The van der Waals surface area contributed by atoms with E-state index in [1.807, 2.05) is 27.8 Å². The number of methoxy groups -OCH3 is 1. The molecule has 4 aliphatic rings. The molecule has 8 rings (SSSR count). The Morgan fingerprint density at radius 3 is 2.48 bits per heavy atom. The highest BCUT2D eigenvalue weighted by Gasteiger charge is 2.43. The standard InChI is InChI=1S/C40H47N5O6S/c1-23(2)45-37(34(19-41-45)40(47)43-21-31-18-29(43)22-51-31)28-15-27-16-30(50-5)12-14-32(27)38-36(25-9-7-6-8-10-25)33-13-11-26(17-35(33)44(38)20-28)39(46)42-52(48,49)24(3)4/h11-17,19,23-25,29,31H,6-10,18,20-22H2,1-5H3,(H,42,46)/t29-,31-/m0/s1. The minimum absolute atomic E-state index is 0.0271. The van der Waals surface area contributed by atoms with Crippen LogP contribution in [0.4, 0.5) is 0 Å². The lowest BCUT2D eigenvalue weighted by molar-refractivity contribution is 0.0259. The van der Waals surface area contributed by atoms with E-state index in [2.05, 4.69) is 41.3 Å². The number of rotatable bonds is 8. The van der Waals surface area contributed by atoms with Gasteiger partial charge in [0.05, 0.1) is 60.8 Å². The maximum absolute atomic E-state index is 14.4. The first-order valence-electron chi connectivity index (χ1n) is 18.6. The Morgan fingerprint density at radius 2 is 1.81 bits per heavy atom. The van der Waals surface area contributed by atoms with Gasteiger partial charge in [0.1, 0.15) is 5.75 Å². The number of allylic oxidation sites excluding steroid dienone is 1. The van der Waals surface area contributed by atoms with Crippen molar-refractivity contribution in [2.45, 2.75) is 102 Å². The van der Waals surface area contributed by atoms with Gasteiger partial charge in [-0.25, -0.2) is 13.1 Å². The first-order chi connectivity index (χ1) is 24.9. The number of amides is 2. The van der Waals surface area contributed by atoms with Crippen molar-refractivity contribution in [3.8, 4) is 17.0 Å². The van der Waals surface area contributed by atoms with Crippen LogP contribution in [0.25, 0.3) is 33.8 Å². The molecule has 11 nitrogen and oxygen atoms in total. The van der Waals surface area contributed by atoms with Gasteiger partial charge in [0.25, 0.3) is 11.8 Å². The van der Waals surface area contributed by atoms with Crippen LogP contribution < -0.4 is 9.46 Å². The average Bonchev–Trinajstić information content (AvgIpc) is 3.92. The minimum atomic E-state index is -3.84. The monoisotopic (exact) mass is 725 g/mol. The summed E-state index contributed by atoms with van der Waals surface area (Å²) in [6.07, 6.45) is 10.4. The highest BCUT2D eigenvalue weighted by atomic mass is 32.2. The predicted molar refractivity (Wildman–Crippen MR) is 201 cm³/mol. The van der Waals surface area contributed by atoms with Gasteiger partial charge in [-0.05, 0) is 106 Å². The quantitative estimate of drug-likeness (QED) is 0.213. The van der Waals surface area contributed by atoms with Crippen LogP contribution in [0.2, 0.25) is 0 Å². The molecule has 1 N–H and O–H groups in total. The molecule has 0 radical (unpaired) electrons. The molecule has 2 saturated heterocycles. The van der Waals surface area contributed by atoms with Gasteiger partial charge in [-0.15, -0.1) is 0 Å². The number of hydrogen-bond donors (Lipinski definition) is 1. The van der Waals surface area contributed by atoms with Crippen molar-refractivity contribution in [3.05, 3.63) is 70.5 Å². The first-order valence-corrected chi connectivity index (χ1v) is 20.1. The molecule has 5 heterocycles. The fraction of sp³-hybridized carbons (Fsp3) is 0.475. The zero-order chi connectivity index (χ0) is 36.5. The average molecular weight is 726 g/mol. The van der Waals surface area contributed by atoms with Crippen LogP contribution in [0.15, 0.2) is 42.6 Å². The molecule has 12 heteroatoms. The molecule has 4 aromatic rings. The number of carbonyl (C=O) groups is 2. The summed E-state index contributed by atoms with van der Waals surface area (Å²) in [4.78, 5) is 29.8. The largest absolute Gasteiger partial charge is 0.497 e. The van der Waals surface area contributed by atoms with Crippen LogP contribution in [0.3, 0.4) is 0 Å². The Labute approximate surface area is 305 Å². The number of benzene rings is 2. The topological polar surface area (TPSA) is 125 Å². The zero-order valence-corrected chi connectivity index (χ0v) is 31.3. The number of morpholine rings is 1. The summed E-state index contributed by atoms with van der Waals surface area (Å²) in [5.41, 5.74) is 7.69. The molecule has 2 atom stereocenters. The van der Waals surface area contributed by atoms with Crippen molar-refractivity contribution < 1.29 is 27.5 Å². The molecule has 3 fully saturated rings. The second-order valence-corrected chi connectivity index (χ2v) is 17.5. The minimum Gasteiger partial charge on any atom is -0.497 e. The number of aromatic nitrogens is 3. The molecule has 2 bridgehead atoms. The lowest BCUT2D eigenvalue weighted by atomic mass is 9.81. The summed E-state index contributed by atoms with van der Waals surface area (Å²) in [5.74, 6) is 0.343. The summed E-state index contributed by atoms with van der Waals surface area (Å²) < 4.78 is 43.5. The molecule has 0 spiro atoms. The normalized spacial score (nSPS) is 20.3. The van der Waals surface area contributed by atoms with Crippen molar-refractivity contribution in [2.75, 3.05) is 20.3 Å². The number of sulfonamides is 1. The number of carbonyl (C=O) groups excluding carboxylic acids is 2. The summed E-state index contributed by atoms with van der Waals surface area (Å²) in [7, 11) is -2.17. The predicted octanol–water partition coefficient (Wildman–Crippen LogP) is 6.78. The Morgan fingerprint density at radius 1 is 1.02 bits per heavy atom. The van der Waals surface area contributed by atoms with Gasteiger partial charge in [-0.1, -0.05) is 25.3 Å². The van der Waals surface area contributed by atoms with E-state index in [0.29, 0.717) is 31.2 Å². The number of ether oxygens (including phenoxy) is 2. The molecule has 1 aliphatic carbocycles. The SMILES string of the molecule is COc1ccc2c(c1)C=C(c1c(C(=O)N3C[C@@H]4C[C@H]3CO4)cnn1C(C)C)Cn1c-2c(C2CCCCC2)c2ccc(C(=O)NS(=O)(=O)C(C)C)cc21. The third-order valence-electron chi connectivity index (χ3n) is 11.4. The van der Waals surface area contributed by atoms with Gasteiger partial charge < -0.3 is 18.9 Å². The lowest BCUT2D eigenvalue weighted by Gasteiger charge is -2.27. The van der Waals surface area contributed by atoms with Crippen LogP contribution in [-0.4, -0.2) is 77.1 Å². The summed E-state index contributed by atoms with van der Waals surface area (Å²) in [6, 6.07) is 11.7. The van der Waals surface area contributed by atoms with E-state index in [-0.39, 0.29) is 29.7 Å². The Balaban J connectivity index is 1.35. The summed E-state index contributed by atoms with van der Waals surface area (Å²) >= 11 is 0. The van der Waals surface area contributed by atoms with E-state index in [9.17, 15) is 18.0 Å². The van der Waals surface area contributed by atoms with Crippen LogP contribution in [0.1, 0.15) is 116 Å². The Hall–Kier alpha value is -4.42. The van der Waals surface area contributed by atoms with E-state index in [1.165, 1.54) is 12.0 Å². The van der Waals surface area contributed by atoms with Gasteiger partial charge in [0.2, 0.25) is 10.0 Å². The maximum atomic E-state index is 14.4. The molecule has 0 unspecified atom stereocenters. The van der Waals surface area contributed by atoms with E-state index < -0.39 is 21.2 Å². The number of hydrogen-bond acceptors (Lipinski definition) is 7. The van der Waals surface area contributed by atoms with E-state index >= 15 is 0 Å². The maximum Gasteiger partial charge on any atom is 0.264 e. The van der Waals surface area contributed by atoms with Crippen molar-refractivity contribution in [1.82, 2.24) is 24.0 Å². The number of nitrogens with one attached hydrogen (secondary N) is 1. The second kappa shape index (κ2) is 13.2. The summed E-state index contributed by atoms with van der Waals surface area (Å²) in [5, 5.41) is 5.10. The van der Waals surface area contributed by atoms with Gasteiger partial charge in [0, 0.05) is 34.6 Å². The molecular weight excluding hydrogens is 679 g/mol. The van der Waals surface area contributed by atoms with Gasteiger partial charge in [-0.3, -0.25) is 14.3 Å². The fourth-order valence-electron chi connectivity index (χ4n) is 8.67. The van der Waals surface area contributed by atoms with Crippen LogP contribution in [0.5, 0.6) is 5.75 Å². The van der Waals surface area contributed by atoms with Gasteiger partial charge in [0.15, 0.2) is 0 Å². The molecular formula is C40H47N5O6S. The molecule has 2 amide bonds. The van der Waals surface area contributed by atoms with Crippen LogP contribution >= 0.6 is 0 Å². The molecule has 2 aromatic carbocycles. The summed E-state index contributed by atoms with van der Waals surface area (Å²) in [6.45, 7) is 8.76. The van der Waals surface area contributed by atoms with E-state index in [1.54, 1.807) is 33.2 Å². The lowest BCUT2D eigenvalue weighted by Crippen LogP contribution is -2.41. The second-order valence-electron chi connectivity index (χ2n) is 15.3. The van der Waals surface area contributed by atoms with Gasteiger partial charge >= 0.3 is 0 Å². The third-order valence-corrected chi connectivity index (χ3v) is 13.1. The molecule has 3 aliphatic heterocycles. The van der Waals surface area contributed by atoms with E-state index in [4.69, 9.17) is 14.6 Å². The first kappa shape index (κ1) is 34.7. The Bertz CT molecular complexity index is 2230. The number of fused-ring (bicyclic) bond motifs is 7. The molecule has 52 heavy (non-hydrogen) atoms. The van der Waals surface area contributed by atoms with Crippen molar-refractivity contribution in [1.29, 1.82) is 0 Å². The van der Waals surface area contributed by atoms with Gasteiger partial charge in [-0.2, -0.15) is 5.10 Å². The highest BCUT2D eigenvalue weighted by Crippen LogP contribution is 2.48.